The van der Waals surface area contributed by atoms with Crippen molar-refractivity contribution in [1.82, 2.24) is 0 Å². The SMILES string of the molecule is C1=C2CCCC[C@@H]2[C@H]2CC[C@@H]3CCC[C@H]3[C@@H]2C1. The summed E-state index contributed by atoms with van der Waals surface area (Å²) in [6, 6.07) is 0. The molecule has 0 saturated heterocycles. The monoisotopic (exact) mass is 230 g/mol. The highest BCUT2D eigenvalue weighted by atomic mass is 14.5. The van der Waals surface area contributed by atoms with E-state index in [1.54, 1.807) is 32.1 Å². The Labute approximate surface area is 106 Å². The number of fused-ring (bicyclic) bond motifs is 5. The normalized spacial score (nSPS) is 48.9. The van der Waals surface area contributed by atoms with Crippen LogP contribution in [0.2, 0.25) is 0 Å². The van der Waals surface area contributed by atoms with Crippen molar-refractivity contribution >= 4 is 0 Å². The molecule has 0 aromatic rings. The molecule has 4 aliphatic carbocycles. The standard InChI is InChI=1S/C17H26/c1-2-6-14-12(4-1)8-10-17-15-7-3-5-13(15)9-11-16(14)17/h8,13-17H,1-7,9-11H2/t13-,14-,15+,16+,17-/m0/s1. The summed E-state index contributed by atoms with van der Waals surface area (Å²) in [6.45, 7) is 0. The van der Waals surface area contributed by atoms with Crippen LogP contribution in [0.5, 0.6) is 0 Å². The Balaban J connectivity index is 1.62. The minimum atomic E-state index is 1.03. The topological polar surface area (TPSA) is 0 Å². The summed E-state index contributed by atoms with van der Waals surface area (Å²) in [5.74, 6) is 5.50. The molecule has 3 saturated carbocycles. The molecule has 94 valence electrons. The van der Waals surface area contributed by atoms with E-state index in [0.717, 1.165) is 29.6 Å². The summed E-state index contributed by atoms with van der Waals surface area (Å²) < 4.78 is 0. The van der Waals surface area contributed by atoms with E-state index in [-0.39, 0.29) is 0 Å². The zero-order chi connectivity index (χ0) is 11.2. The van der Waals surface area contributed by atoms with Crippen LogP contribution < -0.4 is 0 Å². The van der Waals surface area contributed by atoms with Crippen LogP contribution in [-0.2, 0) is 0 Å². The van der Waals surface area contributed by atoms with E-state index < -0.39 is 0 Å². The first-order valence-corrected chi connectivity index (χ1v) is 8.12. The van der Waals surface area contributed by atoms with Gasteiger partial charge in [-0.2, -0.15) is 0 Å². The third kappa shape index (κ3) is 1.63. The molecule has 3 fully saturated rings. The van der Waals surface area contributed by atoms with Gasteiger partial charge in [0, 0.05) is 0 Å². The molecule has 17 heavy (non-hydrogen) atoms. The molecule has 5 atom stereocenters. The lowest BCUT2D eigenvalue weighted by Crippen LogP contribution is -2.39. The van der Waals surface area contributed by atoms with Crippen LogP contribution in [0.25, 0.3) is 0 Å². The fraction of sp³-hybridized carbons (Fsp3) is 0.882. The van der Waals surface area contributed by atoms with Crippen molar-refractivity contribution < 1.29 is 0 Å². The lowest BCUT2D eigenvalue weighted by Gasteiger charge is -2.48. The molecule has 0 amide bonds. The average molecular weight is 230 g/mol. The predicted octanol–water partition coefficient (Wildman–Crippen LogP) is 4.95. The Morgan fingerprint density at radius 3 is 2.76 bits per heavy atom. The van der Waals surface area contributed by atoms with Crippen molar-refractivity contribution in [3.05, 3.63) is 11.6 Å². The van der Waals surface area contributed by atoms with Crippen LogP contribution in [0, 0.1) is 29.6 Å². The van der Waals surface area contributed by atoms with Gasteiger partial charge in [0.1, 0.15) is 0 Å². The Kier molecular flexibility index (Phi) is 2.59. The summed E-state index contributed by atoms with van der Waals surface area (Å²) in [6.07, 6.45) is 17.9. The third-order valence-corrected chi connectivity index (χ3v) is 6.56. The number of hydrogen-bond acceptors (Lipinski definition) is 0. The number of hydrogen-bond donors (Lipinski definition) is 0. The molecule has 0 bridgehead atoms. The second-order valence-electron chi connectivity index (χ2n) is 7.13. The van der Waals surface area contributed by atoms with E-state index in [1.165, 1.54) is 32.1 Å². The predicted molar refractivity (Wildman–Crippen MR) is 71.7 cm³/mol. The zero-order valence-corrected chi connectivity index (χ0v) is 11.0. The fourth-order valence-corrected chi connectivity index (χ4v) is 5.87. The van der Waals surface area contributed by atoms with E-state index in [2.05, 4.69) is 6.08 Å². The lowest BCUT2D eigenvalue weighted by atomic mass is 9.57. The molecule has 0 N–H and O–H groups in total. The average Bonchev–Trinajstić information content (AvgIpc) is 2.86. The summed E-state index contributed by atoms with van der Waals surface area (Å²) in [5, 5.41) is 0. The molecule has 0 aliphatic heterocycles. The van der Waals surface area contributed by atoms with Crippen LogP contribution >= 0.6 is 0 Å². The second-order valence-corrected chi connectivity index (χ2v) is 7.13. The van der Waals surface area contributed by atoms with Crippen LogP contribution in [-0.4, -0.2) is 0 Å². The van der Waals surface area contributed by atoms with Gasteiger partial charge in [-0.25, -0.2) is 0 Å². The molecule has 0 nitrogen and oxygen atoms in total. The maximum absolute atomic E-state index is 2.69. The van der Waals surface area contributed by atoms with Crippen molar-refractivity contribution in [3.63, 3.8) is 0 Å². The zero-order valence-electron chi connectivity index (χ0n) is 11.0. The second kappa shape index (κ2) is 4.14. The highest BCUT2D eigenvalue weighted by molar-refractivity contribution is 5.17. The largest absolute Gasteiger partial charge is 0.0847 e. The van der Waals surface area contributed by atoms with E-state index in [0.29, 0.717) is 0 Å². The highest BCUT2D eigenvalue weighted by Crippen LogP contribution is 2.56. The van der Waals surface area contributed by atoms with Gasteiger partial charge in [0.2, 0.25) is 0 Å². The molecule has 0 radical (unpaired) electrons. The van der Waals surface area contributed by atoms with Gasteiger partial charge in [-0.1, -0.05) is 30.9 Å². The minimum absolute atomic E-state index is 1.03. The first-order valence-electron chi connectivity index (χ1n) is 8.12. The summed E-state index contributed by atoms with van der Waals surface area (Å²) in [5.41, 5.74) is 1.88. The molecular weight excluding hydrogens is 204 g/mol. The third-order valence-electron chi connectivity index (χ3n) is 6.56. The molecule has 0 aromatic heterocycles. The van der Waals surface area contributed by atoms with E-state index >= 15 is 0 Å². The van der Waals surface area contributed by atoms with Gasteiger partial charge >= 0.3 is 0 Å². The summed E-state index contributed by atoms with van der Waals surface area (Å²) in [4.78, 5) is 0. The van der Waals surface area contributed by atoms with Crippen molar-refractivity contribution in [2.75, 3.05) is 0 Å². The van der Waals surface area contributed by atoms with Gasteiger partial charge in [-0.15, -0.1) is 0 Å². The Hall–Kier alpha value is -0.260. The quantitative estimate of drug-likeness (QED) is 0.517. The molecule has 0 aromatic carbocycles. The van der Waals surface area contributed by atoms with E-state index in [1.807, 2.05) is 5.57 Å². The van der Waals surface area contributed by atoms with Crippen molar-refractivity contribution in [2.45, 2.75) is 64.2 Å². The molecule has 4 rings (SSSR count). The van der Waals surface area contributed by atoms with Crippen molar-refractivity contribution in [2.24, 2.45) is 29.6 Å². The smallest absolute Gasteiger partial charge is 0.0172 e. The van der Waals surface area contributed by atoms with E-state index in [4.69, 9.17) is 0 Å². The number of allylic oxidation sites excluding steroid dienone is 2. The van der Waals surface area contributed by atoms with Crippen molar-refractivity contribution in [3.8, 4) is 0 Å². The van der Waals surface area contributed by atoms with Crippen LogP contribution in [0.1, 0.15) is 64.2 Å². The maximum atomic E-state index is 2.69. The molecule has 0 spiro atoms. The number of rotatable bonds is 0. The maximum Gasteiger partial charge on any atom is -0.0172 e. The van der Waals surface area contributed by atoms with Gasteiger partial charge in [-0.3, -0.25) is 0 Å². The molecular formula is C17H26. The van der Waals surface area contributed by atoms with Crippen LogP contribution in [0.15, 0.2) is 11.6 Å². The lowest BCUT2D eigenvalue weighted by molar-refractivity contribution is 0.0637. The fourth-order valence-electron chi connectivity index (χ4n) is 5.87. The van der Waals surface area contributed by atoms with Gasteiger partial charge in [0.15, 0.2) is 0 Å². The first kappa shape index (κ1) is 10.6. The summed E-state index contributed by atoms with van der Waals surface area (Å²) in [7, 11) is 0. The Bertz CT molecular complexity index is 327. The molecule has 0 unspecified atom stereocenters. The summed E-state index contributed by atoms with van der Waals surface area (Å²) >= 11 is 0. The van der Waals surface area contributed by atoms with Gasteiger partial charge in [0.25, 0.3) is 0 Å². The van der Waals surface area contributed by atoms with Crippen LogP contribution in [0.3, 0.4) is 0 Å². The van der Waals surface area contributed by atoms with Gasteiger partial charge < -0.3 is 0 Å². The Morgan fingerprint density at radius 2 is 1.76 bits per heavy atom. The van der Waals surface area contributed by atoms with Crippen LogP contribution in [0.4, 0.5) is 0 Å². The minimum Gasteiger partial charge on any atom is -0.0847 e. The van der Waals surface area contributed by atoms with Gasteiger partial charge in [0.05, 0.1) is 0 Å². The van der Waals surface area contributed by atoms with Gasteiger partial charge in [-0.05, 0) is 74.5 Å². The molecule has 0 heterocycles. The first-order chi connectivity index (χ1) is 8.43. The molecule has 0 heteroatoms. The van der Waals surface area contributed by atoms with Crippen molar-refractivity contribution in [1.29, 1.82) is 0 Å². The molecule has 4 aliphatic rings. The highest BCUT2D eigenvalue weighted by Gasteiger charge is 2.46. The van der Waals surface area contributed by atoms with E-state index in [9.17, 15) is 0 Å². The Morgan fingerprint density at radius 1 is 0.765 bits per heavy atom.